The average Bonchev–Trinajstić information content (AvgIpc) is 2.28. The molecule has 1 aliphatic heterocycles. The summed E-state index contributed by atoms with van der Waals surface area (Å²) in [5.74, 6) is 0.820. The molecule has 0 fully saturated rings. The van der Waals surface area contributed by atoms with Crippen molar-refractivity contribution >= 4 is 9.84 Å². The summed E-state index contributed by atoms with van der Waals surface area (Å²) in [7, 11) is -3.05. The van der Waals surface area contributed by atoms with Crippen LogP contribution in [-0.4, -0.2) is 20.7 Å². The molecule has 0 saturated carbocycles. The van der Waals surface area contributed by atoms with Crippen LogP contribution < -0.4 is 5.32 Å². The third kappa shape index (κ3) is 2.69. The van der Waals surface area contributed by atoms with Gasteiger partial charge in [-0.15, -0.1) is 0 Å². The van der Waals surface area contributed by atoms with E-state index in [4.69, 9.17) is 0 Å². The maximum atomic E-state index is 11.9. The third-order valence-electron chi connectivity index (χ3n) is 3.08. The van der Waals surface area contributed by atoms with Gasteiger partial charge in [0.25, 0.3) is 0 Å². The first-order valence-electron chi connectivity index (χ1n) is 6.06. The summed E-state index contributed by atoms with van der Waals surface area (Å²) in [4.78, 5) is 0.507. The topological polar surface area (TPSA) is 46.2 Å². The van der Waals surface area contributed by atoms with E-state index in [9.17, 15) is 8.42 Å². The van der Waals surface area contributed by atoms with Gasteiger partial charge in [0.2, 0.25) is 0 Å². The van der Waals surface area contributed by atoms with Gasteiger partial charge in [0, 0.05) is 6.04 Å². The molecule has 1 unspecified atom stereocenters. The van der Waals surface area contributed by atoms with Gasteiger partial charge in [-0.25, -0.2) is 8.42 Å². The summed E-state index contributed by atoms with van der Waals surface area (Å²) in [5.41, 5.74) is 0.930. The van der Waals surface area contributed by atoms with Crippen LogP contribution in [-0.2, 0) is 9.84 Å². The van der Waals surface area contributed by atoms with Crippen LogP contribution in [0.15, 0.2) is 29.2 Å². The quantitative estimate of drug-likeness (QED) is 0.898. The van der Waals surface area contributed by atoms with E-state index in [-0.39, 0.29) is 11.8 Å². The minimum absolute atomic E-state index is 0.178. The lowest BCUT2D eigenvalue weighted by Gasteiger charge is -2.27. The van der Waals surface area contributed by atoms with Gasteiger partial charge >= 0.3 is 0 Å². The van der Waals surface area contributed by atoms with Gasteiger partial charge in [0.15, 0.2) is 9.84 Å². The van der Waals surface area contributed by atoms with E-state index < -0.39 is 9.84 Å². The summed E-state index contributed by atoms with van der Waals surface area (Å²) in [6.07, 6.45) is 0.673. The van der Waals surface area contributed by atoms with Gasteiger partial charge in [-0.2, -0.15) is 0 Å². The smallest absolute Gasteiger partial charge is 0.178 e. The van der Waals surface area contributed by atoms with Gasteiger partial charge in [-0.1, -0.05) is 32.0 Å². The highest BCUT2D eigenvalue weighted by Crippen LogP contribution is 2.31. The van der Waals surface area contributed by atoms with Gasteiger partial charge in [0.1, 0.15) is 0 Å². The van der Waals surface area contributed by atoms with Crippen molar-refractivity contribution in [2.75, 3.05) is 12.3 Å². The molecule has 0 radical (unpaired) electrons. The molecule has 2 rings (SSSR count). The number of rotatable bonds is 3. The molecule has 0 aliphatic carbocycles. The predicted molar refractivity (Wildman–Crippen MR) is 68.7 cm³/mol. The second-order valence-electron chi connectivity index (χ2n) is 5.00. The first-order valence-corrected chi connectivity index (χ1v) is 7.71. The lowest BCUT2D eigenvalue weighted by molar-refractivity contribution is 0.451. The fraction of sp³-hybridized carbons (Fsp3) is 0.538. The van der Waals surface area contributed by atoms with Gasteiger partial charge < -0.3 is 5.32 Å². The Balaban J connectivity index is 2.29. The normalized spacial score (nSPS) is 22.4. The summed E-state index contributed by atoms with van der Waals surface area (Å²) in [6, 6.07) is 7.51. The molecule has 0 saturated heterocycles. The molecule has 0 spiro atoms. The summed E-state index contributed by atoms with van der Waals surface area (Å²) >= 11 is 0. The number of benzene rings is 1. The van der Waals surface area contributed by atoms with Gasteiger partial charge in [0.05, 0.1) is 10.6 Å². The second kappa shape index (κ2) is 4.78. The third-order valence-corrected chi connectivity index (χ3v) is 4.89. The zero-order valence-electron chi connectivity index (χ0n) is 10.3. The zero-order valence-corrected chi connectivity index (χ0v) is 11.1. The fourth-order valence-corrected chi connectivity index (χ4v) is 3.80. The summed E-state index contributed by atoms with van der Waals surface area (Å²) in [6.45, 7) is 5.22. The van der Waals surface area contributed by atoms with Crippen LogP contribution in [0.3, 0.4) is 0 Å². The minimum Gasteiger partial charge on any atom is -0.310 e. The van der Waals surface area contributed by atoms with E-state index in [1.807, 2.05) is 12.1 Å². The number of hydrogen-bond donors (Lipinski definition) is 1. The predicted octanol–water partition coefficient (Wildman–Crippen LogP) is 2.15. The van der Waals surface area contributed by atoms with Crippen LogP contribution in [0.4, 0.5) is 0 Å². The number of sulfone groups is 1. The van der Waals surface area contributed by atoms with Crippen LogP contribution in [0, 0.1) is 5.92 Å². The van der Waals surface area contributed by atoms with Crippen molar-refractivity contribution in [1.82, 2.24) is 5.32 Å². The van der Waals surface area contributed by atoms with Crippen molar-refractivity contribution < 1.29 is 8.42 Å². The number of nitrogens with one attached hydrogen (secondary N) is 1. The monoisotopic (exact) mass is 253 g/mol. The standard InChI is InChI=1S/C13H19NO2S/c1-10(2)9-14-12-7-8-17(15,16)13-6-4-3-5-11(12)13/h3-6,10,12,14H,7-9H2,1-2H3. The van der Waals surface area contributed by atoms with Crippen LogP contribution in [0.1, 0.15) is 31.9 Å². The molecule has 1 aromatic rings. The minimum atomic E-state index is -3.05. The molecule has 17 heavy (non-hydrogen) atoms. The average molecular weight is 253 g/mol. The first-order chi connectivity index (χ1) is 8.00. The van der Waals surface area contributed by atoms with E-state index in [0.717, 1.165) is 12.1 Å². The van der Waals surface area contributed by atoms with Crippen molar-refractivity contribution in [3.63, 3.8) is 0 Å². The maximum absolute atomic E-state index is 11.9. The molecular weight excluding hydrogens is 234 g/mol. The van der Waals surface area contributed by atoms with Crippen molar-refractivity contribution in [2.45, 2.75) is 31.2 Å². The van der Waals surface area contributed by atoms with E-state index >= 15 is 0 Å². The summed E-state index contributed by atoms with van der Waals surface area (Å²) < 4.78 is 23.9. The molecule has 1 aromatic carbocycles. The molecule has 3 nitrogen and oxygen atoms in total. The highest BCUT2D eigenvalue weighted by atomic mass is 32.2. The molecule has 94 valence electrons. The Bertz CT molecular complexity index is 494. The molecule has 1 aliphatic rings. The van der Waals surface area contributed by atoms with Gasteiger partial charge in [-0.3, -0.25) is 0 Å². The Morgan fingerprint density at radius 1 is 1.35 bits per heavy atom. The van der Waals surface area contributed by atoms with Crippen molar-refractivity contribution in [3.05, 3.63) is 29.8 Å². The largest absolute Gasteiger partial charge is 0.310 e. The van der Waals surface area contributed by atoms with Crippen LogP contribution in [0.25, 0.3) is 0 Å². The molecule has 4 heteroatoms. The molecule has 1 heterocycles. The van der Waals surface area contributed by atoms with E-state index in [2.05, 4.69) is 19.2 Å². The molecular formula is C13H19NO2S. The highest BCUT2D eigenvalue weighted by molar-refractivity contribution is 7.91. The van der Waals surface area contributed by atoms with E-state index in [0.29, 0.717) is 17.2 Å². The fourth-order valence-electron chi connectivity index (χ4n) is 2.18. The second-order valence-corrected chi connectivity index (χ2v) is 7.08. The van der Waals surface area contributed by atoms with Crippen LogP contribution in [0.5, 0.6) is 0 Å². The summed E-state index contributed by atoms with van der Waals surface area (Å²) in [5, 5.41) is 3.45. The van der Waals surface area contributed by atoms with Crippen molar-refractivity contribution in [2.24, 2.45) is 5.92 Å². The SMILES string of the molecule is CC(C)CNC1CCS(=O)(=O)c2ccccc21. The Labute approximate surface area is 103 Å². The zero-order chi connectivity index (χ0) is 12.5. The lowest BCUT2D eigenvalue weighted by Crippen LogP contribution is -2.31. The Kier molecular flexibility index (Phi) is 3.54. The Morgan fingerprint density at radius 2 is 2.06 bits per heavy atom. The lowest BCUT2D eigenvalue weighted by atomic mass is 10.0. The number of fused-ring (bicyclic) bond motifs is 1. The van der Waals surface area contributed by atoms with Crippen molar-refractivity contribution in [3.8, 4) is 0 Å². The van der Waals surface area contributed by atoms with Crippen molar-refractivity contribution in [1.29, 1.82) is 0 Å². The van der Waals surface area contributed by atoms with E-state index in [1.165, 1.54) is 0 Å². The van der Waals surface area contributed by atoms with E-state index in [1.54, 1.807) is 12.1 Å². The molecule has 1 N–H and O–H groups in total. The molecule has 1 atom stereocenters. The first kappa shape index (κ1) is 12.6. The number of hydrogen-bond acceptors (Lipinski definition) is 3. The maximum Gasteiger partial charge on any atom is 0.178 e. The highest BCUT2D eigenvalue weighted by Gasteiger charge is 2.29. The Hall–Kier alpha value is -0.870. The van der Waals surface area contributed by atoms with Gasteiger partial charge in [-0.05, 0) is 30.5 Å². The van der Waals surface area contributed by atoms with Crippen LogP contribution in [0.2, 0.25) is 0 Å². The molecule has 0 bridgehead atoms. The molecule has 0 amide bonds. The van der Waals surface area contributed by atoms with Crippen LogP contribution >= 0.6 is 0 Å². The molecule has 0 aromatic heterocycles. The Morgan fingerprint density at radius 3 is 2.76 bits per heavy atom.